The minimum Gasteiger partial charge on any atom is -0.303 e. The first kappa shape index (κ1) is 43.6. The molecule has 6 aromatic rings. The summed E-state index contributed by atoms with van der Waals surface area (Å²) in [5, 5.41) is 6.63. The number of benzene rings is 3. The number of urea groups is 1. The standard InChI is InChI=1S/C52H54N10O5/c1-5-39-41(19-24-54-47(39)60-29-28-59(51(60)67)38-9-7-23-53-31-38)40-16-15-37(61-32-55-57(4)50(61)66)30-42(40)35-13-11-33(12-14-35)34-20-25-58(26-21-34)27-22-36-8-6-10-43-46(36)52(2,3)49(65)62(43)44-17-18-45(63)56-48(44)64/h6-16,19,23-24,30-32,34,44H,5,17-18,20-22,25-29H2,1-4H3,(H,56,63,64). The number of amides is 5. The second-order valence-electron chi connectivity index (χ2n) is 18.5. The highest BCUT2D eigenvalue weighted by Crippen LogP contribution is 2.46. The van der Waals surface area contributed by atoms with Gasteiger partial charge in [-0.2, -0.15) is 5.10 Å². The van der Waals surface area contributed by atoms with E-state index in [4.69, 9.17) is 4.98 Å². The number of carbonyl (C=O) groups excluding carboxylic acids is 4. The molecule has 1 unspecified atom stereocenters. The van der Waals surface area contributed by atoms with Crippen LogP contribution in [0.2, 0.25) is 0 Å². The van der Waals surface area contributed by atoms with Gasteiger partial charge in [0.2, 0.25) is 17.7 Å². The summed E-state index contributed by atoms with van der Waals surface area (Å²) in [7, 11) is 1.64. The van der Waals surface area contributed by atoms with Crippen LogP contribution in [-0.4, -0.2) is 91.7 Å². The number of likely N-dealkylation sites (tertiary alicyclic amines) is 1. The number of rotatable bonds is 11. The van der Waals surface area contributed by atoms with Crippen LogP contribution in [0.5, 0.6) is 0 Å². The van der Waals surface area contributed by atoms with Gasteiger partial charge in [-0.25, -0.2) is 23.8 Å². The molecule has 3 fully saturated rings. The molecule has 0 aliphatic carbocycles. The van der Waals surface area contributed by atoms with E-state index in [9.17, 15) is 24.0 Å². The normalized spacial score (nSPS) is 18.8. The molecule has 15 heteroatoms. The molecule has 1 atom stereocenters. The quantitative estimate of drug-likeness (QED) is 0.142. The number of fused-ring (bicyclic) bond motifs is 1. The minimum absolute atomic E-state index is 0.106. The smallest absolute Gasteiger partial charge is 0.303 e. The van der Waals surface area contributed by atoms with Crippen LogP contribution in [-0.2, 0) is 39.7 Å². The summed E-state index contributed by atoms with van der Waals surface area (Å²) < 4.78 is 2.86. The molecular formula is C52H54N10O5. The lowest BCUT2D eigenvalue weighted by Crippen LogP contribution is -2.55. The van der Waals surface area contributed by atoms with E-state index >= 15 is 0 Å². The van der Waals surface area contributed by atoms with Crippen LogP contribution in [0.3, 0.4) is 0 Å². The first-order chi connectivity index (χ1) is 32.4. The van der Waals surface area contributed by atoms with Gasteiger partial charge in [-0.05, 0) is 140 Å². The summed E-state index contributed by atoms with van der Waals surface area (Å²) in [4.78, 5) is 82.3. The molecule has 342 valence electrons. The Morgan fingerprint density at radius 3 is 2.30 bits per heavy atom. The molecule has 0 saturated carbocycles. The van der Waals surface area contributed by atoms with Crippen LogP contribution < -0.4 is 25.7 Å². The van der Waals surface area contributed by atoms with Crippen molar-refractivity contribution >= 4 is 40.9 Å². The largest absolute Gasteiger partial charge is 0.350 e. The second kappa shape index (κ2) is 17.5. The van der Waals surface area contributed by atoms with E-state index < -0.39 is 17.4 Å². The lowest BCUT2D eigenvalue weighted by Gasteiger charge is -2.32. The van der Waals surface area contributed by atoms with Gasteiger partial charge in [-0.3, -0.25) is 39.4 Å². The molecule has 0 spiro atoms. The molecule has 15 nitrogen and oxygen atoms in total. The van der Waals surface area contributed by atoms with Gasteiger partial charge >= 0.3 is 11.7 Å². The second-order valence-corrected chi connectivity index (χ2v) is 18.5. The van der Waals surface area contributed by atoms with Crippen molar-refractivity contribution in [1.82, 2.24) is 34.5 Å². The molecule has 3 saturated heterocycles. The summed E-state index contributed by atoms with van der Waals surface area (Å²) in [5.74, 6) is 0.216. The molecule has 67 heavy (non-hydrogen) atoms. The number of carbonyl (C=O) groups is 4. The van der Waals surface area contributed by atoms with Gasteiger partial charge < -0.3 is 4.90 Å². The van der Waals surface area contributed by atoms with E-state index in [1.54, 1.807) is 44.9 Å². The molecule has 3 aromatic heterocycles. The number of aromatic nitrogens is 5. The molecule has 4 aliphatic heterocycles. The molecule has 0 radical (unpaired) electrons. The van der Waals surface area contributed by atoms with Gasteiger partial charge in [0, 0.05) is 56.7 Å². The molecular weight excluding hydrogens is 845 g/mol. The fourth-order valence-corrected chi connectivity index (χ4v) is 10.7. The zero-order valence-electron chi connectivity index (χ0n) is 38.3. The van der Waals surface area contributed by atoms with Crippen molar-refractivity contribution in [2.75, 3.05) is 47.4 Å². The molecule has 3 aromatic carbocycles. The Kier molecular flexibility index (Phi) is 11.4. The highest BCUT2D eigenvalue weighted by atomic mass is 16.2. The first-order valence-electron chi connectivity index (χ1n) is 23.3. The average Bonchev–Trinajstić information content (AvgIpc) is 3.97. The van der Waals surface area contributed by atoms with Crippen molar-refractivity contribution in [1.29, 1.82) is 0 Å². The lowest BCUT2D eigenvalue weighted by molar-refractivity contribution is -0.136. The van der Waals surface area contributed by atoms with Crippen molar-refractivity contribution < 1.29 is 19.2 Å². The molecule has 0 bridgehead atoms. The van der Waals surface area contributed by atoms with Gasteiger partial charge in [0.15, 0.2) is 0 Å². The van der Waals surface area contributed by atoms with E-state index in [1.807, 2.05) is 56.3 Å². The van der Waals surface area contributed by atoms with Gasteiger partial charge in [-0.15, -0.1) is 0 Å². The Morgan fingerprint density at radius 2 is 1.58 bits per heavy atom. The Balaban J connectivity index is 0.874. The number of hydrogen-bond acceptors (Lipinski definition) is 9. The van der Waals surface area contributed by atoms with Crippen LogP contribution in [0.4, 0.5) is 22.0 Å². The van der Waals surface area contributed by atoms with Crippen LogP contribution in [0.25, 0.3) is 27.9 Å². The molecule has 1 N–H and O–H groups in total. The Morgan fingerprint density at radius 1 is 0.791 bits per heavy atom. The highest BCUT2D eigenvalue weighted by molar-refractivity contribution is 6.14. The number of aryl methyl sites for hydroxylation is 1. The third kappa shape index (κ3) is 7.80. The summed E-state index contributed by atoms with van der Waals surface area (Å²) >= 11 is 0. The molecule has 4 aliphatic rings. The summed E-state index contributed by atoms with van der Waals surface area (Å²) in [6.45, 7) is 9.73. The number of pyridine rings is 2. The predicted molar refractivity (Wildman–Crippen MR) is 256 cm³/mol. The van der Waals surface area contributed by atoms with Crippen LogP contribution in [0.1, 0.15) is 74.6 Å². The fourth-order valence-electron chi connectivity index (χ4n) is 10.7. The monoisotopic (exact) mass is 898 g/mol. The van der Waals surface area contributed by atoms with E-state index in [-0.39, 0.29) is 30.0 Å². The van der Waals surface area contributed by atoms with Crippen molar-refractivity contribution in [3.63, 3.8) is 0 Å². The number of nitrogens with zero attached hydrogens (tertiary/aromatic N) is 9. The van der Waals surface area contributed by atoms with E-state index in [1.165, 1.54) is 16.6 Å². The summed E-state index contributed by atoms with van der Waals surface area (Å²) in [6, 6.07) is 25.8. The SMILES string of the molecule is CCc1c(-c2ccc(-n3cnn(C)c3=O)cc2-c2ccc(C3CCN(CCc4cccc5c4C(C)(C)C(=O)N5C4CCC(=O)NC4=O)CC3)cc2)ccnc1N1CCN(c2cccnc2)C1=O. The van der Waals surface area contributed by atoms with E-state index in [0.717, 1.165) is 89.2 Å². The maximum atomic E-state index is 13.9. The number of imide groups is 1. The van der Waals surface area contributed by atoms with Gasteiger partial charge in [-0.1, -0.05) is 49.4 Å². The van der Waals surface area contributed by atoms with Gasteiger partial charge in [0.05, 0.1) is 23.0 Å². The molecule has 7 heterocycles. The van der Waals surface area contributed by atoms with Crippen molar-refractivity contribution in [3.05, 3.63) is 137 Å². The minimum atomic E-state index is -0.789. The van der Waals surface area contributed by atoms with Gasteiger partial charge in [0.25, 0.3) is 0 Å². The number of nitrogens with one attached hydrogen (secondary N) is 1. The van der Waals surface area contributed by atoms with Crippen molar-refractivity contribution in [2.45, 2.75) is 76.7 Å². The number of hydrogen-bond donors (Lipinski definition) is 1. The summed E-state index contributed by atoms with van der Waals surface area (Å²) in [6.07, 6.45) is 10.7. The maximum absolute atomic E-state index is 13.9. The third-order valence-corrected chi connectivity index (χ3v) is 14.3. The zero-order valence-corrected chi connectivity index (χ0v) is 38.3. The maximum Gasteiger partial charge on any atom is 0.350 e. The van der Waals surface area contributed by atoms with E-state index in [2.05, 4.69) is 63.6 Å². The fraction of sp³-hybridized carbons (Fsp3) is 0.346. The predicted octanol–water partition coefficient (Wildman–Crippen LogP) is 6.56. The van der Waals surface area contributed by atoms with Crippen molar-refractivity contribution in [2.24, 2.45) is 7.05 Å². The van der Waals surface area contributed by atoms with Crippen molar-refractivity contribution in [3.8, 4) is 27.9 Å². The lowest BCUT2D eigenvalue weighted by atomic mass is 9.82. The average molecular weight is 899 g/mol. The zero-order chi connectivity index (χ0) is 46.6. The van der Waals surface area contributed by atoms with Crippen LogP contribution in [0.15, 0.2) is 109 Å². The van der Waals surface area contributed by atoms with Crippen LogP contribution >= 0.6 is 0 Å². The number of anilines is 3. The number of piperidine rings is 2. The van der Waals surface area contributed by atoms with Crippen LogP contribution in [0, 0.1) is 0 Å². The molecule has 10 rings (SSSR count). The summed E-state index contributed by atoms with van der Waals surface area (Å²) in [5.41, 5.74) is 9.42. The molecule has 5 amide bonds. The highest BCUT2D eigenvalue weighted by Gasteiger charge is 2.50. The van der Waals surface area contributed by atoms with E-state index in [0.29, 0.717) is 43.4 Å². The Labute approximate surface area is 389 Å². The Hall–Kier alpha value is -7.26. The Bertz CT molecular complexity index is 2970. The van der Waals surface area contributed by atoms with Gasteiger partial charge in [0.1, 0.15) is 18.2 Å². The topological polar surface area (TPSA) is 159 Å². The first-order valence-corrected chi connectivity index (χ1v) is 23.3. The third-order valence-electron chi connectivity index (χ3n) is 14.3.